The number of benzene rings is 1. The Hall–Kier alpha value is -2.43. The van der Waals surface area contributed by atoms with Gasteiger partial charge in [-0.15, -0.1) is 0 Å². The molecular formula is C11H7N2O3-. The number of carbonyl (C=O) groups is 2. The number of rotatable bonds is 3. The average Bonchev–Trinajstić information content (AvgIpc) is 2.78. The van der Waals surface area contributed by atoms with Gasteiger partial charge in [-0.1, -0.05) is 30.3 Å². The molecule has 0 aliphatic carbocycles. The Labute approximate surface area is 90.8 Å². The van der Waals surface area contributed by atoms with Gasteiger partial charge >= 0.3 is 0 Å². The van der Waals surface area contributed by atoms with E-state index in [9.17, 15) is 14.7 Å². The third-order valence-corrected chi connectivity index (χ3v) is 2.09. The molecule has 16 heavy (non-hydrogen) atoms. The third-order valence-electron chi connectivity index (χ3n) is 2.09. The number of hydrogen-bond donors (Lipinski definition) is 1. The van der Waals surface area contributed by atoms with E-state index >= 15 is 0 Å². The van der Waals surface area contributed by atoms with Crippen molar-refractivity contribution in [1.29, 1.82) is 0 Å². The first-order valence-corrected chi connectivity index (χ1v) is 4.54. The van der Waals surface area contributed by atoms with Gasteiger partial charge in [-0.05, 0) is 0 Å². The molecule has 5 nitrogen and oxygen atoms in total. The number of carbonyl (C=O) groups excluding carboxylic acids is 2. The summed E-state index contributed by atoms with van der Waals surface area (Å²) in [6, 6.07) is 8.34. The number of hydrogen-bond acceptors (Lipinski definition) is 4. The zero-order valence-corrected chi connectivity index (χ0v) is 8.14. The summed E-state index contributed by atoms with van der Waals surface area (Å²) >= 11 is 0. The average molecular weight is 215 g/mol. The van der Waals surface area contributed by atoms with E-state index in [0.29, 0.717) is 5.56 Å². The quantitative estimate of drug-likeness (QED) is 0.730. The largest absolute Gasteiger partial charge is 0.543 e. The molecule has 80 valence electrons. The van der Waals surface area contributed by atoms with Crippen molar-refractivity contribution in [1.82, 2.24) is 9.97 Å². The first kappa shape index (κ1) is 10.1. The lowest BCUT2D eigenvalue weighted by Gasteiger charge is -2.02. The number of aromatic carboxylic acids is 1. The number of nitrogens with one attached hydrogen (secondary N) is 1. The van der Waals surface area contributed by atoms with E-state index in [-0.39, 0.29) is 11.4 Å². The number of nitrogens with zero attached hydrogens (tertiary/aromatic N) is 1. The first-order chi connectivity index (χ1) is 7.70. The molecule has 0 saturated carbocycles. The van der Waals surface area contributed by atoms with Gasteiger partial charge in [0.05, 0.1) is 18.0 Å². The van der Waals surface area contributed by atoms with Gasteiger partial charge in [-0.25, -0.2) is 4.98 Å². The fourth-order valence-corrected chi connectivity index (χ4v) is 1.35. The fourth-order valence-electron chi connectivity index (χ4n) is 1.35. The van der Waals surface area contributed by atoms with Crippen molar-refractivity contribution in [3.05, 3.63) is 53.6 Å². The van der Waals surface area contributed by atoms with E-state index in [2.05, 4.69) is 9.97 Å². The molecule has 0 radical (unpaired) electrons. The van der Waals surface area contributed by atoms with E-state index in [1.807, 2.05) is 0 Å². The standard InChI is InChI=1S/C11H8N2O3/c14-10(7-4-2-1-3-5-7)8-9(11(15)16)13-6-12-8/h1-6H,(H,12,13)(H,15,16)/p-1. The molecule has 0 atom stereocenters. The summed E-state index contributed by atoms with van der Waals surface area (Å²) in [5.74, 6) is -1.89. The number of aromatic nitrogens is 2. The summed E-state index contributed by atoms with van der Waals surface area (Å²) in [6.07, 6.45) is 1.15. The number of imidazole rings is 1. The SMILES string of the molecule is O=C(c1ccccc1)c1nc[nH]c1C(=O)[O-]. The Balaban J connectivity index is 2.42. The topological polar surface area (TPSA) is 85.9 Å². The van der Waals surface area contributed by atoms with Crippen LogP contribution in [0.1, 0.15) is 26.5 Å². The normalized spacial score (nSPS) is 10.0. The zero-order chi connectivity index (χ0) is 11.5. The van der Waals surface area contributed by atoms with Crippen LogP contribution in [-0.4, -0.2) is 21.7 Å². The van der Waals surface area contributed by atoms with Gasteiger partial charge in [-0.2, -0.15) is 0 Å². The van der Waals surface area contributed by atoms with Crippen LogP contribution in [0.4, 0.5) is 0 Å². The molecule has 2 aromatic rings. The predicted octanol–water partition coefficient (Wildman–Crippen LogP) is 0.00420. The van der Waals surface area contributed by atoms with Crippen molar-refractivity contribution in [2.24, 2.45) is 0 Å². The second kappa shape index (κ2) is 3.98. The van der Waals surface area contributed by atoms with Gasteiger partial charge in [0, 0.05) is 5.56 Å². The van der Waals surface area contributed by atoms with Crippen LogP contribution >= 0.6 is 0 Å². The monoisotopic (exact) mass is 215 g/mol. The third kappa shape index (κ3) is 1.70. The van der Waals surface area contributed by atoms with E-state index in [1.54, 1.807) is 30.3 Å². The highest BCUT2D eigenvalue weighted by Gasteiger charge is 2.16. The van der Waals surface area contributed by atoms with Gasteiger partial charge in [0.1, 0.15) is 5.69 Å². The highest BCUT2D eigenvalue weighted by atomic mass is 16.4. The minimum absolute atomic E-state index is 0.133. The second-order valence-electron chi connectivity index (χ2n) is 3.11. The Morgan fingerprint density at radius 1 is 1.19 bits per heavy atom. The van der Waals surface area contributed by atoms with Crippen LogP contribution in [0.2, 0.25) is 0 Å². The summed E-state index contributed by atoms with van der Waals surface area (Å²) < 4.78 is 0. The second-order valence-corrected chi connectivity index (χ2v) is 3.11. The van der Waals surface area contributed by atoms with Gasteiger partial charge in [0.15, 0.2) is 0 Å². The maximum atomic E-state index is 11.9. The summed E-state index contributed by atoms with van der Waals surface area (Å²) in [6.45, 7) is 0. The number of ketones is 1. The number of carboxylic acids is 1. The predicted molar refractivity (Wildman–Crippen MR) is 52.8 cm³/mol. The highest BCUT2D eigenvalue weighted by molar-refractivity contribution is 6.12. The van der Waals surface area contributed by atoms with Crippen molar-refractivity contribution in [3.8, 4) is 0 Å². The molecule has 0 aliphatic rings. The van der Waals surface area contributed by atoms with Gasteiger partial charge in [0.2, 0.25) is 5.78 Å². The molecule has 0 spiro atoms. The molecule has 0 bridgehead atoms. The van der Waals surface area contributed by atoms with Crippen LogP contribution in [0.3, 0.4) is 0 Å². The molecule has 0 saturated heterocycles. The van der Waals surface area contributed by atoms with Crippen molar-refractivity contribution in [2.45, 2.75) is 0 Å². The molecule has 1 aromatic heterocycles. The fraction of sp³-hybridized carbons (Fsp3) is 0. The van der Waals surface area contributed by atoms with E-state index in [1.165, 1.54) is 0 Å². The maximum Gasteiger partial charge on any atom is 0.213 e. The Morgan fingerprint density at radius 2 is 1.88 bits per heavy atom. The van der Waals surface area contributed by atoms with Crippen molar-refractivity contribution < 1.29 is 14.7 Å². The van der Waals surface area contributed by atoms with Crippen LogP contribution in [0, 0.1) is 0 Å². The van der Waals surface area contributed by atoms with Crippen molar-refractivity contribution in [2.75, 3.05) is 0 Å². The number of carboxylic acid groups (broad SMARTS) is 1. The van der Waals surface area contributed by atoms with Gasteiger partial charge in [0.25, 0.3) is 0 Å². The van der Waals surface area contributed by atoms with Crippen LogP contribution in [0.25, 0.3) is 0 Å². The van der Waals surface area contributed by atoms with Crippen molar-refractivity contribution >= 4 is 11.8 Å². The molecule has 0 unspecified atom stereocenters. The smallest absolute Gasteiger partial charge is 0.213 e. The first-order valence-electron chi connectivity index (χ1n) is 4.54. The van der Waals surface area contributed by atoms with E-state index in [4.69, 9.17) is 0 Å². The summed E-state index contributed by atoms with van der Waals surface area (Å²) in [5, 5.41) is 10.7. The van der Waals surface area contributed by atoms with E-state index in [0.717, 1.165) is 6.33 Å². The van der Waals surface area contributed by atoms with Crippen molar-refractivity contribution in [3.63, 3.8) is 0 Å². The van der Waals surface area contributed by atoms with Gasteiger partial charge in [-0.3, -0.25) is 4.79 Å². The van der Waals surface area contributed by atoms with Crippen LogP contribution in [-0.2, 0) is 0 Å². The lowest BCUT2D eigenvalue weighted by atomic mass is 10.1. The summed E-state index contributed by atoms with van der Waals surface area (Å²) in [5.41, 5.74) is -0.0443. The maximum absolute atomic E-state index is 11.9. The molecule has 1 N–H and O–H groups in total. The minimum Gasteiger partial charge on any atom is -0.543 e. The molecule has 0 aliphatic heterocycles. The van der Waals surface area contributed by atoms with Gasteiger partial charge < -0.3 is 14.9 Å². The Morgan fingerprint density at radius 3 is 2.50 bits per heavy atom. The molecular weight excluding hydrogens is 208 g/mol. The Kier molecular flexibility index (Phi) is 2.51. The van der Waals surface area contributed by atoms with E-state index < -0.39 is 11.8 Å². The summed E-state index contributed by atoms with van der Waals surface area (Å²) in [7, 11) is 0. The zero-order valence-electron chi connectivity index (χ0n) is 8.14. The molecule has 5 heteroatoms. The Bertz CT molecular complexity index is 531. The molecule has 0 amide bonds. The minimum atomic E-state index is -1.45. The number of aromatic amines is 1. The number of H-pyrrole nitrogens is 1. The highest BCUT2D eigenvalue weighted by Crippen LogP contribution is 2.10. The van der Waals surface area contributed by atoms with Crippen LogP contribution in [0.15, 0.2) is 36.7 Å². The lowest BCUT2D eigenvalue weighted by molar-refractivity contribution is -0.255. The molecule has 1 heterocycles. The summed E-state index contributed by atoms with van der Waals surface area (Å²) in [4.78, 5) is 28.6. The lowest BCUT2D eigenvalue weighted by Crippen LogP contribution is -2.25. The van der Waals surface area contributed by atoms with Crippen LogP contribution in [0.5, 0.6) is 0 Å². The molecule has 1 aromatic carbocycles. The molecule has 2 rings (SSSR count). The van der Waals surface area contributed by atoms with Crippen LogP contribution < -0.4 is 5.11 Å². The molecule has 0 fully saturated rings.